The second kappa shape index (κ2) is 7.05. The van der Waals surface area contributed by atoms with E-state index >= 15 is 0 Å². The topological polar surface area (TPSA) is 0 Å². The SMILES string of the molecule is C=C(C)/C=C/C=C(C)/C=C/C(C)=C(C)C. The van der Waals surface area contributed by atoms with Gasteiger partial charge in [-0.05, 0) is 34.6 Å². The van der Waals surface area contributed by atoms with Gasteiger partial charge in [0.2, 0.25) is 0 Å². The Kier molecular flexibility index (Phi) is 6.44. The van der Waals surface area contributed by atoms with E-state index < -0.39 is 0 Å². The van der Waals surface area contributed by atoms with E-state index in [2.05, 4.69) is 52.5 Å². The zero-order chi connectivity index (χ0) is 11.8. The standard InChI is InChI=1S/C15H22/c1-12(2)8-7-9-14(5)10-11-15(6)13(3)4/h7-11H,1H2,2-6H3/b8-7+,11-10+,14-9+. The number of allylic oxidation sites excluding steroid dienone is 9. The van der Waals surface area contributed by atoms with Crippen molar-refractivity contribution in [3.8, 4) is 0 Å². The predicted molar refractivity (Wildman–Crippen MR) is 70.9 cm³/mol. The highest BCUT2D eigenvalue weighted by atomic mass is 13.9. The molecule has 0 amide bonds. The van der Waals surface area contributed by atoms with Crippen LogP contribution in [-0.2, 0) is 0 Å². The van der Waals surface area contributed by atoms with Gasteiger partial charge in [0.05, 0.1) is 0 Å². The molecular weight excluding hydrogens is 180 g/mol. The average molecular weight is 202 g/mol. The summed E-state index contributed by atoms with van der Waals surface area (Å²) in [5.74, 6) is 0. The summed E-state index contributed by atoms with van der Waals surface area (Å²) in [5, 5.41) is 0. The maximum Gasteiger partial charge on any atom is -0.0398 e. The molecule has 0 fully saturated rings. The number of rotatable bonds is 4. The van der Waals surface area contributed by atoms with Crippen LogP contribution in [0.4, 0.5) is 0 Å². The molecule has 0 N–H and O–H groups in total. The minimum absolute atomic E-state index is 1.07. The van der Waals surface area contributed by atoms with Gasteiger partial charge in [-0.15, -0.1) is 0 Å². The molecule has 0 aliphatic rings. The Hall–Kier alpha value is -1.30. The quantitative estimate of drug-likeness (QED) is 0.564. The summed E-state index contributed by atoms with van der Waals surface area (Å²) in [7, 11) is 0. The molecule has 0 nitrogen and oxygen atoms in total. The Morgan fingerprint density at radius 3 is 1.93 bits per heavy atom. The predicted octanol–water partition coefficient (Wildman–Crippen LogP) is 4.98. The lowest BCUT2D eigenvalue weighted by molar-refractivity contribution is 1.29. The molecule has 0 aromatic carbocycles. The van der Waals surface area contributed by atoms with E-state index in [4.69, 9.17) is 0 Å². The molecule has 0 atom stereocenters. The first-order valence-corrected chi connectivity index (χ1v) is 5.26. The second-order valence-electron chi connectivity index (χ2n) is 4.13. The van der Waals surface area contributed by atoms with Gasteiger partial charge in [0.1, 0.15) is 0 Å². The molecule has 0 heterocycles. The Morgan fingerprint density at radius 2 is 1.47 bits per heavy atom. The maximum atomic E-state index is 3.81. The van der Waals surface area contributed by atoms with Crippen LogP contribution in [0.3, 0.4) is 0 Å². The third-order valence-electron chi connectivity index (χ3n) is 2.12. The Labute approximate surface area is 94.4 Å². The lowest BCUT2D eigenvalue weighted by Crippen LogP contribution is -1.74. The van der Waals surface area contributed by atoms with Gasteiger partial charge in [-0.25, -0.2) is 0 Å². The molecule has 15 heavy (non-hydrogen) atoms. The molecule has 0 saturated carbocycles. The molecule has 0 rings (SSSR count). The van der Waals surface area contributed by atoms with Crippen molar-refractivity contribution in [2.24, 2.45) is 0 Å². The number of hydrogen-bond acceptors (Lipinski definition) is 0. The van der Waals surface area contributed by atoms with Crippen LogP contribution < -0.4 is 0 Å². The summed E-state index contributed by atoms with van der Waals surface area (Å²) in [6, 6.07) is 0. The van der Waals surface area contributed by atoms with Gasteiger partial charge < -0.3 is 0 Å². The lowest BCUT2D eigenvalue weighted by atomic mass is 10.1. The minimum Gasteiger partial charge on any atom is -0.0961 e. The van der Waals surface area contributed by atoms with Crippen LogP contribution in [-0.4, -0.2) is 0 Å². The smallest absolute Gasteiger partial charge is 0.0398 e. The van der Waals surface area contributed by atoms with Crippen molar-refractivity contribution < 1.29 is 0 Å². The van der Waals surface area contributed by atoms with Gasteiger partial charge >= 0.3 is 0 Å². The molecule has 0 unspecified atom stereocenters. The summed E-state index contributed by atoms with van der Waals surface area (Å²) in [6.07, 6.45) is 10.4. The number of hydrogen-bond donors (Lipinski definition) is 0. The third-order valence-corrected chi connectivity index (χ3v) is 2.12. The summed E-state index contributed by atoms with van der Waals surface area (Å²) >= 11 is 0. The highest BCUT2D eigenvalue weighted by molar-refractivity contribution is 5.30. The first-order chi connectivity index (χ1) is 6.93. The summed E-state index contributed by atoms with van der Waals surface area (Å²) in [5.41, 5.74) is 5.00. The summed E-state index contributed by atoms with van der Waals surface area (Å²) in [6.45, 7) is 14.3. The van der Waals surface area contributed by atoms with Crippen LogP contribution in [0.25, 0.3) is 0 Å². The zero-order valence-corrected chi connectivity index (χ0v) is 10.6. The second-order valence-corrected chi connectivity index (χ2v) is 4.13. The molecule has 0 aromatic rings. The van der Waals surface area contributed by atoms with Gasteiger partial charge in [-0.2, -0.15) is 0 Å². The largest absolute Gasteiger partial charge is 0.0961 e. The van der Waals surface area contributed by atoms with Gasteiger partial charge in [-0.1, -0.05) is 59.3 Å². The molecule has 82 valence electrons. The minimum atomic E-state index is 1.07. The molecule has 0 radical (unpaired) electrons. The van der Waals surface area contributed by atoms with E-state index in [1.807, 2.05) is 19.1 Å². The van der Waals surface area contributed by atoms with E-state index in [-0.39, 0.29) is 0 Å². The monoisotopic (exact) mass is 202 g/mol. The van der Waals surface area contributed by atoms with Gasteiger partial charge in [0, 0.05) is 0 Å². The van der Waals surface area contributed by atoms with Crippen LogP contribution in [0.1, 0.15) is 34.6 Å². The maximum absolute atomic E-state index is 3.81. The van der Waals surface area contributed by atoms with E-state index in [9.17, 15) is 0 Å². The molecule has 0 aliphatic carbocycles. The fraction of sp³-hybridized carbons (Fsp3) is 0.333. The van der Waals surface area contributed by atoms with E-state index in [0.717, 1.165) is 5.57 Å². The van der Waals surface area contributed by atoms with Crippen LogP contribution in [0.15, 0.2) is 59.3 Å². The van der Waals surface area contributed by atoms with Crippen LogP contribution in [0.5, 0.6) is 0 Å². The van der Waals surface area contributed by atoms with Crippen LogP contribution in [0.2, 0.25) is 0 Å². The molecule has 0 aromatic heterocycles. The highest BCUT2D eigenvalue weighted by Gasteiger charge is 1.85. The van der Waals surface area contributed by atoms with Gasteiger partial charge in [-0.3, -0.25) is 0 Å². The Bertz CT molecular complexity index is 329. The fourth-order valence-corrected chi connectivity index (χ4v) is 0.843. The van der Waals surface area contributed by atoms with Crippen molar-refractivity contribution in [3.63, 3.8) is 0 Å². The van der Waals surface area contributed by atoms with Crippen molar-refractivity contribution >= 4 is 0 Å². The third kappa shape index (κ3) is 7.75. The van der Waals surface area contributed by atoms with Gasteiger partial charge in [0.25, 0.3) is 0 Å². The van der Waals surface area contributed by atoms with Crippen molar-refractivity contribution in [2.45, 2.75) is 34.6 Å². The molecule has 0 aliphatic heterocycles. The Balaban J connectivity index is 4.43. The zero-order valence-electron chi connectivity index (χ0n) is 10.6. The van der Waals surface area contributed by atoms with Crippen molar-refractivity contribution in [1.29, 1.82) is 0 Å². The lowest BCUT2D eigenvalue weighted by Gasteiger charge is -1.95. The normalized spacial score (nSPS) is 12.5. The fourth-order valence-electron chi connectivity index (χ4n) is 0.843. The Morgan fingerprint density at radius 1 is 0.867 bits per heavy atom. The molecule has 0 spiro atoms. The van der Waals surface area contributed by atoms with E-state index in [0.29, 0.717) is 0 Å². The van der Waals surface area contributed by atoms with E-state index in [1.165, 1.54) is 16.7 Å². The van der Waals surface area contributed by atoms with E-state index in [1.54, 1.807) is 0 Å². The van der Waals surface area contributed by atoms with Crippen molar-refractivity contribution in [2.75, 3.05) is 0 Å². The van der Waals surface area contributed by atoms with Crippen LogP contribution >= 0.6 is 0 Å². The first kappa shape index (κ1) is 13.7. The molecule has 0 bridgehead atoms. The first-order valence-electron chi connectivity index (χ1n) is 5.26. The van der Waals surface area contributed by atoms with Crippen LogP contribution in [0, 0.1) is 0 Å². The highest BCUT2D eigenvalue weighted by Crippen LogP contribution is 2.06. The van der Waals surface area contributed by atoms with Crippen molar-refractivity contribution in [1.82, 2.24) is 0 Å². The molecule has 0 heteroatoms. The summed E-state index contributed by atoms with van der Waals surface area (Å²) in [4.78, 5) is 0. The van der Waals surface area contributed by atoms with Crippen molar-refractivity contribution in [3.05, 3.63) is 59.3 Å². The molecule has 0 saturated heterocycles. The summed E-state index contributed by atoms with van der Waals surface area (Å²) < 4.78 is 0. The molecular formula is C15H22. The van der Waals surface area contributed by atoms with Gasteiger partial charge in [0.15, 0.2) is 0 Å². The average Bonchev–Trinajstić information content (AvgIpc) is 2.13.